The number of nitrogens with zero attached hydrogens (tertiary/aromatic N) is 3. The van der Waals surface area contributed by atoms with E-state index in [2.05, 4.69) is 46.2 Å². The summed E-state index contributed by atoms with van der Waals surface area (Å²) < 4.78 is 13.3. The van der Waals surface area contributed by atoms with Gasteiger partial charge in [0.2, 0.25) is 5.95 Å². The van der Waals surface area contributed by atoms with Crippen LogP contribution in [0.3, 0.4) is 0 Å². The van der Waals surface area contributed by atoms with Gasteiger partial charge in [-0.1, -0.05) is 36.4 Å². The molecule has 3 rings (SSSR count). The summed E-state index contributed by atoms with van der Waals surface area (Å²) in [6.45, 7) is 5.02. The molecule has 3 aromatic rings. The van der Waals surface area contributed by atoms with Gasteiger partial charge in [-0.2, -0.15) is 4.98 Å². The number of hydrogen-bond acceptors (Lipinski definition) is 4. The molecule has 0 aliphatic heterocycles. The largest absolute Gasteiger partial charge is 0.350 e. The molecule has 1 aromatic heterocycles. The molecule has 0 saturated carbocycles. The summed E-state index contributed by atoms with van der Waals surface area (Å²) >= 11 is 0. The summed E-state index contributed by atoms with van der Waals surface area (Å²) in [5.74, 6) is 0.976. The zero-order valence-corrected chi connectivity index (χ0v) is 14.4. The van der Waals surface area contributed by atoms with Crippen LogP contribution >= 0.6 is 0 Å². The third-order valence-corrected chi connectivity index (χ3v) is 3.83. The van der Waals surface area contributed by atoms with Crippen molar-refractivity contribution in [2.24, 2.45) is 0 Å². The lowest BCUT2D eigenvalue weighted by Crippen LogP contribution is -2.31. The minimum Gasteiger partial charge on any atom is -0.350 e. The van der Waals surface area contributed by atoms with Crippen LogP contribution in [0.15, 0.2) is 66.9 Å². The first-order valence-corrected chi connectivity index (χ1v) is 8.28. The quantitative estimate of drug-likeness (QED) is 0.704. The van der Waals surface area contributed by atoms with Crippen LogP contribution in [0.5, 0.6) is 0 Å². The third kappa shape index (κ3) is 4.53. The summed E-state index contributed by atoms with van der Waals surface area (Å²) in [6, 6.07) is 18.7. The first-order chi connectivity index (χ1) is 12.1. The lowest BCUT2D eigenvalue weighted by atomic mass is 10.2. The minimum absolute atomic E-state index is 0.275. The first kappa shape index (κ1) is 16.9. The summed E-state index contributed by atoms with van der Waals surface area (Å²) in [5, 5.41) is 3.05. The highest BCUT2D eigenvalue weighted by atomic mass is 19.1. The molecular formula is C20H21FN4. The molecule has 0 fully saturated rings. The normalized spacial score (nSPS) is 10.7. The van der Waals surface area contributed by atoms with Crippen molar-refractivity contribution in [1.82, 2.24) is 9.97 Å². The van der Waals surface area contributed by atoms with E-state index in [9.17, 15) is 4.39 Å². The van der Waals surface area contributed by atoms with Gasteiger partial charge in [0.1, 0.15) is 11.6 Å². The van der Waals surface area contributed by atoms with E-state index in [1.165, 1.54) is 17.7 Å². The van der Waals surface area contributed by atoms with Crippen LogP contribution in [0.1, 0.15) is 19.4 Å². The maximum Gasteiger partial charge on any atom is 0.229 e. The molecule has 0 bridgehead atoms. The lowest BCUT2D eigenvalue weighted by Gasteiger charge is -2.28. The predicted octanol–water partition coefficient (Wildman–Crippen LogP) is 4.77. The lowest BCUT2D eigenvalue weighted by molar-refractivity contribution is 0.628. The van der Waals surface area contributed by atoms with E-state index in [-0.39, 0.29) is 11.9 Å². The average Bonchev–Trinajstić information content (AvgIpc) is 2.60. The summed E-state index contributed by atoms with van der Waals surface area (Å²) in [4.78, 5) is 11.0. The van der Waals surface area contributed by atoms with Gasteiger partial charge < -0.3 is 10.2 Å². The molecule has 0 radical (unpaired) electrons. The number of aromatic nitrogens is 2. The Hall–Kier alpha value is -2.95. The Morgan fingerprint density at radius 3 is 2.56 bits per heavy atom. The fourth-order valence-electron chi connectivity index (χ4n) is 2.57. The monoisotopic (exact) mass is 336 g/mol. The molecule has 1 N–H and O–H groups in total. The second kappa shape index (κ2) is 7.75. The van der Waals surface area contributed by atoms with Crippen LogP contribution in [0.2, 0.25) is 0 Å². The maximum atomic E-state index is 13.3. The standard InChI is InChI=1S/C20H21FN4/c1-15(2)25(14-16-7-4-3-5-8-16)19-11-12-22-20(24-19)23-18-10-6-9-17(21)13-18/h3-13,15H,14H2,1-2H3,(H,22,23,24). The van der Waals surface area contributed by atoms with Gasteiger partial charge in [-0.15, -0.1) is 0 Å². The van der Waals surface area contributed by atoms with Crippen LogP contribution in [0.25, 0.3) is 0 Å². The van der Waals surface area contributed by atoms with E-state index in [1.807, 2.05) is 24.3 Å². The molecule has 4 nitrogen and oxygen atoms in total. The molecule has 0 spiro atoms. The SMILES string of the molecule is CC(C)N(Cc1ccccc1)c1ccnc(Nc2cccc(F)c2)n1. The second-order valence-electron chi connectivity index (χ2n) is 6.08. The molecule has 0 aliphatic rings. The smallest absolute Gasteiger partial charge is 0.229 e. The van der Waals surface area contributed by atoms with Crippen LogP contribution in [0.4, 0.5) is 21.8 Å². The highest BCUT2D eigenvalue weighted by Crippen LogP contribution is 2.20. The maximum absolute atomic E-state index is 13.3. The number of hydrogen-bond donors (Lipinski definition) is 1. The summed E-state index contributed by atoms with van der Waals surface area (Å²) in [7, 11) is 0. The van der Waals surface area contributed by atoms with Crippen molar-refractivity contribution >= 4 is 17.5 Å². The Kier molecular flexibility index (Phi) is 5.23. The molecule has 0 saturated heterocycles. The average molecular weight is 336 g/mol. The van der Waals surface area contributed by atoms with Gasteiger partial charge in [-0.05, 0) is 43.7 Å². The van der Waals surface area contributed by atoms with Crippen LogP contribution in [-0.4, -0.2) is 16.0 Å². The molecule has 0 amide bonds. The Bertz CT molecular complexity index is 821. The van der Waals surface area contributed by atoms with Gasteiger partial charge in [0.05, 0.1) is 0 Å². The first-order valence-electron chi connectivity index (χ1n) is 8.28. The Labute approximate surface area is 147 Å². The molecule has 25 heavy (non-hydrogen) atoms. The molecule has 0 aliphatic carbocycles. The zero-order chi connectivity index (χ0) is 17.6. The molecule has 2 aromatic carbocycles. The third-order valence-electron chi connectivity index (χ3n) is 3.83. The highest BCUT2D eigenvalue weighted by Gasteiger charge is 2.13. The van der Waals surface area contributed by atoms with Gasteiger partial charge in [-0.3, -0.25) is 0 Å². The fraction of sp³-hybridized carbons (Fsp3) is 0.200. The van der Waals surface area contributed by atoms with Gasteiger partial charge in [0.15, 0.2) is 0 Å². The summed E-state index contributed by atoms with van der Waals surface area (Å²) in [5.41, 5.74) is 1.84. The van der Waals surface area contributed by atoms with E-state index in [1.54, 1.807) is 18.3 Å². The van der Waals surface area contributed by atoms with Gasteiger partial charge in [-0.25, -0.2) is 9.37 Å². The highest BCUT2D eigenvalue weighted by molar-refractivity contribution is 5.55. The van der Waals surface area contributed by atoms with E-state index in [4.69, 9.17) is 0 Å². The molecular weight excluding hydrogens is 315 g/mol. The Morgan fingerprint density at radius 2 is 1.84 bits per heavy atom. The molecule has 1 heterocycles. The van der Waals surface area contributed by atoms with E-state index >= 15 is 0 Å². The minimum atomic E-state index is -0.297. The van der Waals surface area contributed by atoms with Crippen molar-refractivity contribution in [3.05, 3.63) is 78.2 Å². The van der Waals surface area contributed by atoms with Crippen molar-refractivity contribution in [2.75, 3.05) is 10.2 Å². The molecule has 128 valence electrons. The van der Waals surface area contributed by atoms with E-state index < -0.39 is 0 Å². The van der Waals surface area contributed by atoms with Crippen molar-refractivity contribution in [3.63, 3.8) is 0 Å². The number of anilines is 3. The number of rotatable bonds is 6. The summed E-state index contributed by atoms with van der Waals surface area (Å²) in [6.07, 6.45) is 1.71. The van der Waals surface area contributed by atoms with E-state index in [0.717, 1.165) is 12.4 Å². The van der Waals surface area contributed by atoms with Crippen LogP contribution in [-0.2, 0) is 6.54 Å². The van der Waals surface area contributed by atoms with Crippen molar-refractivity contribution in [2.45, 2.75) is 26.4 Å². The molecule has 0 atom stereocenters. The molecule has 5 heteroatoms. The predicted molar refractivity (Wildman–Crippen MR) is 99.5 cm³/mol. The number of nitrogens with one attached hydrogen (secondary N) is 1. The van der Waals surface area contributed by atoms with Crippen molar-refractivity contribution in [3.8, 4) is 0 Å². The Balaban J connectivity index is 1.82. The second-order valence-corrected chi connectivity index (χ2v) is 6.08. The van der Waals surface area contributed by atoms with E-state index in [0.29, 0.717) is 11.6 Å². The number of halogens is 1. The zero-order valence-electron chi connectivity index (χ0n) is 14.4. The number of benzene rings is 2. The fourth-order valence-corrected chi connectivity index (χ4v) is 2.57. The molecule has 0 unspecified atom stereocenters. The van der Waals surface area contributed by atoms with Crippen molar-refractivity contribution in [1.29, 1.82) is 0 Å². The van der Waals surface area contributed by atoms with Crippen molar-refractivity contribution < 1.29 is 4.39 Å². The van der Waals surface area contributed by atoms with Crippen LogP contribution in [0, 0.1) is 5.82 Å². The van der Waals surface area contributed by atoms with Gasteiger partial charge >= 0.3 is 0 Å². The topological polar surface area (TPSA) is 41.1 Å². The Morgan fingerprint density at radius 1 is 1.04 bits per heavy atom. The van der Waals surface area contributed by atoms with Gasteiger partial charge in [0.25, 0.3) is 0 Å². The van der Waals surface area contributed by atoms with Crippen LogP contribution < -0.4 is 10.2 Å². The van der Waals surface area contributed by atoms with Gasteiger partial charge in [0, 0.05) is 24.5 Å².